The van der Waals surface area contributed by atoms with Crippen molar-refractivity contribution in [3.05, 3.63) is 0 Å². The van der Waals surface area contributed by atoms with Crippen LogP contribution in [-0.4, -0.2) is 107 Å². The van der Waals surface area contributed by atoms with Gasteiger partial charge in [-0.25, -0.2) is 4.79 Å². The Morgan fingerprint density at radius 1 is 0.492 bits per heavy atom. The maximum absolute atomic E-state index is 14.4. The molecule has 10 nitrogen and oxygen atoms in total. The Balaban J connectivity index is 6.31. The first kappa shape index (κ1) is 55.2. The molecule has 59 heavy (non-hydrogen) atoms. The Bertz CT molecular complexity index is 1470. The Labute approximate surface area is 324 Å². The first-order valence-corrected chi connectivity index (χ1v) is 17.2. The van der Waals surface area contributed by atoms with Crippen LogP contribution in [0, 0.1) is 17.8 Å². The van der Waals surface area contributed by atoms with Crippen LogP contribution in [0.25, 0.3) is 0 Å². The number of rotatable bonds is 24. The van der Waals surface area contributed by atoms with Crippen molar-refractivity contribution in [2.45, 2.75) is 146 Å². The second kappa shape index (κ2) is 19.7. The number of carboxylic acids is 1. The van der Waals surface area contributed by atoms with Gasteiger partial charge >= 0.3 is 59.6 Å². The fraction of sp³-hybridized carbons (Fsp3) is 0.844. The number of amides is 3. The third-order valence-corrected chi connectivity index (χ3v) is 8.02. The van der Waals surface area contributed by atoms with Gasteiger partial charge in [0, 0.05) is 6.42 Å². The van der Waals surface area contributed by atoms with E-state index in [2.05, 4.69) is 20.7 Å². The monoisotopic (exact) mass is 903 g/mol. The van der Waals surface area contributed by atoms with Crippen LogP contribution < -0.4 is 16.0 Å². The molecule has 0 unspecified atom stereocenters. The highest BCUT2D eigenvalue weighted by atomic mass is 19.4. The maximum atomic E-state index is 14.4. The second-order valence-electron chi connectivity index (χ2n) is 14.6. The van der Waals surface area contributed by atoms with Gasteiger partial charge in [-0.1, -0.05) is 41.5 Å². The Kier molecular flexibility index (Phi) is 18.4. The summed E-state index contributed by atoms with van der Waals surface area (Å²) in [5.41, 5.74) is 0. The van der Waals surface area contributed by atoms with Gasteiger partial charge in [-0.15, -0.1) is 0 Å². The minimum atomic E-state index is -8.80. The van der Waals surface area contributed by atoms with E-state index in [-0.39, 0.29) is 18.8 Å². The number of nitrogens with one attached hydrogen (secondary N) is 3. The van der Waals surface area contributed by atoms with Crippen molar-refractivity contribution in [1.82, 2.24) is 16.0 Å². The lowest BCUT2D eigenvalue weighted by molar-refractivity contribution is -0.461. The second-order valence-corrected chi connectivity index (χ2v) is 14.6. The summed E-state index contributed by atoms with van der Waals surface area (Å²) in [5, 5.41) is 15.5. The highest BCUT2D eigenvalue weighted by Gasteiger charge is 2.95. The molecule has 0 saturated heterocycles. The molecule has 0 spiro atoms. The lowest BCUT2D eigenvalue weighted by Gasteiger charge is -2.42. The highest BCUT2D eigenvalue weighted by molar-refractivity contribution is 5.93. The number of alkyl halides is 17. The molecule has 346 valence electrons. The molecule has 0 fully saturated rings. The number of hydrogen-bond acceptors (Lipinski definition) is 6. The van der Waals surface area contributed by atoms with Gasteiger partial charge in [0.05, 0.1) is 19.4 Å². The van der Waals surface area contributed by atoms with Gasteiger partial charge in [0.25, 0.3) is 0 Å². The molecule has 0 heterocycles. The molecule has 3 atom stereocenters. The number of aliphatic carboxylic acids is 1. The predicted molar refractivity (Wildman–Crippen MR) is 167 cm³/mol. The Morgan fingerprint density at radius 3 is 1.20 bits per heavy atom. The molecule has 0 radical (unpaired) electrons. The van der Waals surface area contributed by atoms with E-state index < -0.39 is 140 Å². The Morgan fingerprint density at radius 2 is 0.831 bits per heavy atom. The molecule has 0 aromatic carbocycles. The van der Waals surface area contributed by atoms with Gasteiger partial charge in [-0.3, -0.25) is 19.2 Å². The van der Waals surface area contributed by atoms with E-state index in [1.54, 1.807) is 27.7 Å². The topological polar surface area (TPSA) is 151 Å². The predicted octanol–water partition coefficient (Wildman–Crippen LogP) is 7.39. The number of carboxylic acid groups (broad SMARTS) is 1. The molecule has 0 aliphatic rings. The molecule has 0 saturated carbocycles. The standard InChI is InChI=1S/C32H42F17N3O7/c1-14(2)11-17(50-20(53)7-8-21(54)55)22(56)51-18(12-15(3)4)23(57)52-19(13-16(5)6)24(58)59-10-9-25(33,34)26(35,36)27(37,38)28(39,40)29(41,42)30(43,44)31(45,46)32(47,48)49/h14-19H,7-13H2,1-6H3,(H,50,53)(H,51,56)(H,52,57)(H,54,55)/t17-,18-,19-/m0/s1. The third-order valence-electron chi connectivity index (χ3n) is 8.02. The van der Waals surface area contributed by atoms with Crippen molar-refractivity contribution >= 4 is 29.7 Å². The first-order chi connectivity index (χ1) is 26.2. The van der Waals surface area contributed by atoms with Crippen LogP contribution >= 0.6 is 0 Å². The van der Waals surface area contributed by atoms with Gasteiger partial charge in [-0.05, 0) is 37.0 Å². The zero-order valence-corrected chi connectivity index (χ0v) is 31.7. The van der Waals surface area contributed by atoms with Crippen molar-refractivity contribution in [2.24, 2.45) is 17.8 Å². The van der Waals surface area contributed by atoms with Crippen LogP contribution in [0.3, 0.4) is 0 Å². The Hall–Kier alpha value is -3.84. The third kappa shape index (κ3) is 12.8. The number of carbonyl (C=O) groups is 5. The van der Waals surface area contributed by atoms with E-state index in [4.69, 9.17) is 5.11 Å². The molecule has 0 aliphatic heterocycles. The number of esters is 1. The van der Waals surface area contributed by atoms with E-state index >= 15 is 0 Å². The largest absolute Gasteiger partial charge is 0.481 e. The molecule has 0 bridgehead atoms. The molecular formula is C32H42F17N3O7. The summed E-state index contributed by atoms with van der Waals surface area (Å²) in [6.45, 7) is 6.89. The first-order valence-electron chi connectivity index (χ1n) is 17.2. The highest BCUT2D eigenvalue weighted by Crippen LogP contribution is 2.64. The molecule has 3 amide bonds. The fourth-order valence-corrected chi connectivity index (χ4v) is 4.86. The van der Waals surface area contributed by atoms with Crippen LogP contribution in [0.4, 0.5) is 74.6 Å². The average molecular weight is 904 g/mol. The van der Waals surface area contributed by atoms with Crippen LogP contribution in [-0.2, 0) is 28.7 Å². The van der Waals surface area contributed by atoms with Gasteiger partial charge in [-0.2, -0.15) is 74.6 Å². The van der Waals surface area contributed by atoms with E-state index in [9.17, 15) is 98.6 Å². The molecule has 0 rings (SSSR count). The number of halogens is 17. The average Bonchev–Trinajstić information content (AvgIpc) is 3.04. The quantitative estimate of drug-likeness (QED) is 0.0583. The maximum Gasteiger partial charge on any atom is 0.460 e. The minimum Gasteiger partial charge on any atom is -0.481 e. The SMILES string of the molecule is CC(C)C[C@H](NC(=O)CCC(=O)O)C(=O)N[C@@H](CC(C)C)C(=O)N[C@@H](CC(C)C)C(=O)OCCC(F)(F)C(F)(F)C(F)(F)C(F)(F)C(F)(F)C(F)(F)C(F)(F)C(F)(F)F. The lowest BCUT2D eigenvalue weighted by Crippen LogP contribution is -2.74. The molecule has 0 aromatic rings. The number of ether oxygens (including phenoxy) is 1. The van der Waals surface area contributed by atoms with E-state index in [1.165, 1.54) is 13.8 Å². The minimum absolute atomic E-state index is 0.0425. The van der Waals surface area contributed by atoms with Crippen LogP contribution in [0.15, 0.2) is 0 Å². The number of hydrogen-bond donors (Lipinski definition) is 4. The van der Waals surface area contributed by atoms with Gasteiger partial charge < -0.3 is 25.8 Å². The van der Waals surface area contributed by atoms with Gasteiger partial charge in [0.2, 0.25) is 17.7 Å². The van der Waals surface area contributed by atoms with Crippen LogP contribution in [0.2, 0.25) is 0 Å². The van der Waals surface area contributed by atoms with Gasteiger partial charge in [0.15, 0.2) is 0 Å². The summed E-state index contributed by atoms with van der Waals surface area (Å²) < 4.78 is 235. The zero-order chi connectivity index (χ0) is 47.1. The zero-order valence-electron chi connectivity index (χ0n) is 31.7. The number of carbonyl (C=O) groups excluding carboxylic acids is 4. The van der Waals surface area contributed by atoms with Crippen molar-refractivity contribution < 1.29 is 108 Å². The molecular weight excluding hydrogens is 861 g/mol. The smallest absolute Gasteiger partial charge is 0.460 e. The van der Waals surface area contributed by atoms with Crippen molar-refractivity contribution in [3.63, 3.8) is 0 Å². The molecule has 0 aromatic heterocycles. The van der Waals surface area contributed by atoms with E-state index in [0.29, 0.717) is 0 Å². The fourth-order valence-electron chi connectivity index (χ4n) is 4.86. The molecule has 27 heteroatoms. The summed E-state index contributed by atoms with van der Waals surface area (Å²) in [7, 11) is 0. The molecule has 0 aliphatic carbocycles. The normalized spacial score (nSPS) is 15.5. The van der Waals surface area contributed by atoms with Crippen molar-refractivity contribution in [3.8, 4) is 0 Å². The van der Waals surface area contributed by atoms with Gasteiger partial charge in [0.1, 0.15) is 18.1 Å². The lowest BCUT2D eigenvalue weighted by atomic mass is 9.88. The van der Waals surface area contributed by atoms with Crippen LogP contribution in [0.5, 0.6) is 0 Å². The summed E-state index contributed by atoms with van der Waals surface area (Å²) >= 11 is 0. The summed E-state index contributed by atoms with van der Waals surface area (Å²) in [4.78, 5) is 62.3. The van der Waals surface area contributed by atoms with E-state index in [0.717, 1.165) is 0 Å². The van der Waals surface area contributed by atoms with Crippen molar-refractivity contribution in [2.75, 3.05) is 6.61 Å². The van der Waals surface area contributed by atoms with Crippen molar-refractivity contribution in [1.29, 1.82) is 0 Å². The van der Waals surface area contributed by atoms with E-state index in [1.807, 2.05) is 0 Å². The summed E-state index contributed by atoms with van der Waals surface area (Å²) in [6, 6.07) is -4.87. The molecule has 4 N–H and O–H groups in total. The van der Waals surface area contributed by atoms with Crippen LogP contribution in [0.1, 0.15) is 80.1 Å². The summed E-state index contributed by atoms with van der Waals surface area (Å²) in [6.07, 6.45) is -12.8. The summed E-state index contributed by atoms with van der Waals surface area (Å²) in [5.74, 6) is -65.4.